The van der Waals surface area contributed by atoms with Gasteiger partial charge in [-0.15, -0.1) is 10.2 Å². The number of aliphatic hydroxyl groups is 1. The minimum atomic E-state index is -0.0351. The second kappa shape index (κ2) is 5.81. The van der Waals surface area contributed by atoms with Gasteiger partial charge in [-0.05, 0) is 50.3 Å². The maximum atomic E-state index is 9.38. The third-order valence-electron chi connectivity index (χ3n) is 3.97. The SMILES string of the molecule is Cc1cc(C)c(CSc2nnc(CO)n2C2CC2)c(C)c1. The van der Waals surface area contributed by atoms with Gasteiger partial charge in [0, 0.05) is 11.8 Å². The number of aliphatic hydroxyl groups excluding tert-OH is 1. The lowest BCUT2D eigenvalue weighted by Crippen LogP contribution is -2.03. The standard InChI is InChI=1S/C16H21N3OS/c1-10-6-11(2)14(12(3)7-10)9-21-16-18-17-15(8-20)19(16)13-4-5-13/h6-7,13,20H,4-5,8-9H2,1-3H3. The van der Waals surface area contributed by atoms with Gasteiger partial charge in [0.2, 0.25) is 0 Å². The summed E-state index contributed by atoms with van der Waals surface area (Å²) in [4.78, 5) is 0. The summed E-state index contributed by atoms with van der Waals surface area (Å²) < 4.78 is 2.11. The van der Waals surface area contributed by atoms with Crippen LogP contribution in [0.3, 0.4) is 0 Å². The summed E-state index contributed by atoms with van der Waals surface area (Å²) in [5, 5.41) is 18.7. The number of hydrogen-bond acceptors (Lipinski definition) is 4. The van der Waals surface area contributed by atoms with Gasteiger partial charge in [0.05, 0.1) is 0 Å². The van der Waals surface area contributed by atoms with E-state index in [1.807, 2.05) is 0 Å². The van der Waals surface area contributed by atoms with E-state index in [-0.39, 0.29) is 6.61 Å². The van der Waals surface area contributed by atoms with Crippen LogP contribution in [0.25, 0.3) is 0 Å². The van der Waals surface area contributed by atoms with E-state index in [9.17, 15) is 5.11 Å². The molecule has 1 aromatic carbocycles. The van der Waals surface area contributed by atoms with Crippen molar-refractivity contribution in [3.8, 4) is 0 Å². The van der Waals surface area contributed by atoms with Gasteiger partial charge in [-0.2, -0.15) is 0 Å². The predicted octanol–water partition coefficient (Wildman–Crippen LogP) is 3.32. The number of nitrogens with zero attached hydrogens (tertiary/aromatic N) is 3. The van der Waals surface area contributed by atoms with Crippen molar-refractivity contribution >= 4 is 11.8 Å². The Morgan fingerprint density at radius 3 is 2.43 bits per heavy atom. The summed E-state index contributed by atoms with van der Waals surface area (Å²) >= 11 is 1.72. The van der Waals surface area contributed by atoms with E-state index in [0.29, 0.717) is 11.9 Å². The molecule has 1 aliphatic rings. The van der Waals surface area contributed by atoms with Crippen molar-refractivity contribution in [1.29, 1.82) is 0 Å². The lowest BCUT2D eigenvalue weighted by atomic mass is 10.0. The quantitative estimate of drug-likeness (QED) is 0.861. The first-order valence-electron chi connectivity index (χ1n) is 7.34. The Labute approximate surface area is 129 Å². The Bertz CT molecular complexity index is 639. The molecule has 3 rings (SSSR count). The molecule has 4 nitrogen and oxygen atoms in total. The maximum Gasteiger partial charge on any atom is 0.191 e. The fourth-order valence-corrected chi connectivity index (χ4v) is 4.01. The zero-order valence-corrected chi connectivity index (χ0v) is 13.6. The molecule has 0 atom stereocenters. The fourth-order valence-electron chi connectivity index (χ4n) is 2.79. The highest BCUT2D eigenvalue weighted by Gasteiger charge is 2.29. The summed E-state index contributed by atoms with van der Waals surface area (Å²) in [6.45, 7) is 6.43. The molecule has 5 heteroatoms. The van der Waals surface area contributed by atoms with Crippen LogP contribution in [0.15, 0.2) is 17.3 Å². The minimum Gasteiger partial charge on any atom is -0.388 e. The molecule has 0 radical (unpaired) electrons. The molecule has 0 bridgehead atoms. The number of benzene rings is 1. The van der Waals surface area contributed by atoms with Crippen LogP contribution >= 0.6 is 11.8 Å². The van der Waals surface area contributed by atoms with Gasteiger partial charge in [-0.3, -0.25) is 0 Å². The molecule has 1 N–H and O–H groups in total. The van der Waals surface area contributed by atoms with Crippen LogP contribution in [-0.4, -0.2) is 19.9 Å². The Morgan fingerprint density at radius 1 is 1.19 bits per heavy atom. The fraction of sp³-hybridized carbons (Fsp3) is 0.500. The molecule has 112 valence electrons. The van der Waals surface area contributed by atoms with Gasteiger partial charge in [0.1, 0.15) is 6.61 Å². The number of rotatable bonds is 5. The second-order valence-electron chi connectivity index (χ2n) is 5.82. The lowest BCUT2D eigenvalue weighted by Gasteiger charge is -2.12. The van der Waals surface area contributed by atoms with Crippen molar-refractivity contribution in [3.05, 3.63) is 40.2 Å². The van der Waals surface area contributed by atoms with E-state index >= 15 is 0 Å². The van der Waals surface area contributed by atoms with Crippen molar-refractivity contribution in [1.82, 2.24) is 14.8 Å². The summed E-state index contributed by atoms with van der Waals surface area (Å²) in [5.41, 5.74) is 5.35. The molecular weight excluding hydrogens is 282 g/mol. The van der Waals surface area contributed by atoms with Crippen LogP contribution in [0.4, 0.5) is 0 Å². The zero-order chi connectivity index (χ0) is 15.0. The number of thioether (sulfide) groups is 1. The van der Waals surface area contributed by atoms with Crippen LogP contribution < -0.4 is 0 Å². The molecule has 0 amide bonds. The van der Waals surface area contributed by atoms with E-state index in [1.165, 1.54) is 35.1 Å². The molecule has 0 aliphatic heterocycles. The third kappa shape index (κ3) is 2.99. The number of hydrogen-bond donors (Lipinski definition) is 1. The van der Waals surface area contributed by atoms with Crippen molar-refractivity contribution in [2.75, 3.05) is 0 Å². The molecule has 1 heterocycles. The molecule has 0 spiro atoms. The molecule has 1 saturated carbocycles. The topological polar surface area (TPSA) is 50.9 Å². The Morgan fingerprint density at radius 2 is 1.86 bits per heavy atom. The number of aromatic nitrogens is 3. The summed E-state index contributed by atoms with van der Waals surface area (Å²) in [6.07, 6.45) is 2.34. The Hall–Kier alpha value is -1.33. The molecular formula is C16H21N3OS. The normalized spacial score (nSPS) is 14.7. The minimum absolute atomic E-state index is 0.0351. The molecule has 0 saturated heterocycles. The van der Waals surface area contributed by atoms with E-state index in [4.69, 9.17) is 0 Å². The third-order valence-corrected chi connectivity index (χ3v) is 4.94. The monoisotopic (exact) mass is 303 g/mol. The van der Waals surface area contributed by atoms with Crippen molar-refractivity contribution in [2.24, 2.45) is 0 Å². The summed E-state index contributed by atoms with van der Waals surface area (Å²) in [6, 6.07) is 4.95. The second-order valence-corrected chi connectivity index (χ2v) is 6.77. The van der Waals surface area contributed by atoms with Crippen LogP contribution in [0.5, 0.6) is 0 Å². The van der Waals surface area contributed by atoms with Gasteiger partial charge in [-0.25, -0.2) is 0 Å². The lowest BCUT2D eigenvalue weighted by molar-refractivity contribution is 0.263. The molecule has 1 fully saturated rings. The summed E-state index contributed by atoms with van der Waals surface area (Å²) in [7, 11) is 0. The predicted molar refractivity (Wildman–Crippen MR) is 84.4 cm³/mol. The van der Waals surface area contributed by atoms with Crippen molar-refractivity contribution in [2.45, 2.75) is 57.2 Å². The highest BCUT2D eigenvalue weighted by molar-refractivity contribution is 7.98. The van der Waals surface area contributed by atoms with E-state index in [1.54, 1.807) is 11.8 Å². The number of aryl methyl sites for hydroxylation is 3. The highest BCUT2D eigenvalue weighted by atomic mass is 32.2. The van der Waals surface area contributed by atoms with Crippen molar-refractivity contribution < 1.29 is 5.11 Å². The van der Waals surface area contributed by atoms with E-state index < -0.39 is 0 Å². The van der Waals surface area contributed by atoms with Gasteiger partial charge in [0.25, 0.3) is 0 Å². The van der Waals surface area contributed by atoms with Crippen LogP contribution in [-0.2, 0) is 12.4 Å². The molecule has 2 aromatic rings. The van der Waals surface area contributed by atoms with Gasteiger partial charge < -0.3 is 9.67 Å². The average Bonchev–Trinajstić information content (AvgIpc) is 3.18. The smallest absolute Gasteiger partial charge is 0.191 e. The molecule has 1 aromatic heterocycles. The Kier molecular flexibility index (Phi) is 4.04. The van der Waals surface area contributed by atoms with Crippen molar-refractivity contribution in [3.63, 3.8) is 0 Å². The van der Waals surface area contributed by atoms with Gasteiger partial charge >= 0.3 is 0 Å². The first-order valence-corrected chi connectivity index (χ1v) is 8.33. The first kappa shape index (κ1) is 14.6. The highest BCUT2D eigenvalue weighted by Crippen LogP contribution is 2.39. The summed E-state index contributed by atoms with van der Waals surface area (Å²) in [5.74, 6) is 1.59. The van der Waals surface area contributed by atoms with Gasteiger partial charge in [0.15, 0.2) is 11.0 Å². The van der Waals surface area contributed by atoms with E-state index in [0.717, 1.165) is 10.9 Å². The van der Waals surface area contributed by atoms with E-state index in [2.05, 4.69) is 47.7 Å². The van der Waals surface area contributed by atoms with Crippen LogP contribution in [0.2, 0.25) is 0 Å². The van der Waals surface area contributed by atoms with Gasteiger partial charge in [-0.1, -0.05) is 29.5 Å². The first-order chi connectivity index (χ1) is 10.1. The largest absolute Gasteiger partial charge is 0.388 e. The van der Waals surface area contributed by atoms with Crippen LogP contribution in [0.1, 0.15) is 47.0 Å². The molecule has 1 aliphatic carbocycles. The molecule has 21 heavy (non-hydrogen) atoms. The zero-order valence-electron chi connectivity index (χ0n) is 12.8. The van der Waals surface area contributed by atoms with Crippen LogP contribution in [0, 0.1) is 20.8 Å². The maximum absolute atomic E-state index is 9.38. The average molecular weight is 303 g/mol. The molecule has 0 unspecified atom stereocenters. The Balaban J connectivity index is 1.81.